The number of carbonyl (C=O) groups excluding carboxylic acids is 1. The quantitative estimate of drug-likeness (QED) is 0.722. The molecule has 2 heterocycles. The second-order valence-electron chi connectivity index (χ2n) is 4.75. The maximum absolute atomic E-state index is 12.9. The Kier molecular flexibility index (Phi) is 3.64. The third-order valence-electron chi connectivity index (χ3n) is 3.28. The van der Waals surface area contributed by atoms with Crippen molar-refractivity contribution in [2.75, 3.05) is 5.32 Å². The van der Waals surface area contributed by atoms with Gasteiger partial charge in [-0.15, -0.1) is 0 Å². The third-order valence-corrected chi connectivity index (χ3v) is 3.28. The normalized spacial score (nSPS) is 10.7. The Morgan fingerprint density at radius 1 is 1.19 bits per heavy atom. The lowest BCUT2D eigenvalue weighted by Crippen LogP contribution is -2.13. The van der Waals surface area contributed by atoms with Gasteiger partial charge in [0.15, 0.2) is 0 Å². The van der Waals surface area contributed by atoms with Crippen LogP contribution < -0.4 is 5.32 Å². The number of rotatable bonds is 4. The molecule has 3 aromatic rings. The van der Waals surface area contributed by atoms with Crippen molar-refractivity contribution in [2.24, 2.45) is 0 Å². The Morgan fingerprint density at radius 2 is 2.05 bits per heavy atom. The Balaban J connectivity index is 1.63. The number of anilines is 1. The molecule has 1 amide bonds. The third kappa shape index (κ3) is 3.08. The van der Waals surface area contributed by atoms with E-state index in [1.807, 2.05) is 30.5 Å². The number of nitrogens with zero attached hydrogens (tertiary/aromatic N) is 1. The maximum Gasteiger partial charge on any atom is 0.225 e. The fraction of sp³-hybridized carbons (Fsp3) is 0.125. The van der Waals surface area contributed by atoms with Crippen molar-refractivity contribution >= 4 is 22.6 Å². The lowest BCUT2D eigenvalue weighted by molar-refractivity contribution is -0.116. The topological polar surface area (TPSA) is 57.8 Å². The van der Waals surface area contributed by atoms with E-state index < -0.39 is 5.95 Å². The Bertz CT molecular complexity index is 782. The lowest BCUT2D eigenvalue weighted by atomic mass is 10.1. The molecular formula is C16H14FN3O. The molecule has 2 N–H and O–H groups in total. The molecule has 0 aliphatic rings. The van der Waals surface area contributed by atoms with E-state index in [9.17, 15) is 9.18 Å². The number of hydrogen-bond donors (Lipinski definition) is 2. The number of amides is 1. The summed E-state index contributed by atoms with van der Waals surface area (Å²) in [5, 5.41) is 3.71. The molecule has 0 aliphatic heterocycles. The van der Waals surface area contributed by atoms with E-state index in [1.165, 1.54) is 12.1 Å². The number of pyridine rings is 1. The van der Waals surface area contributed by atoms with Crippen LogP contribution in [-0.2, 0) is 11.2 Å². The van der Waals surface area contributed by atoms with Crippen LogP contribution in [0, 0.1) is 5.95 Å². The monoisotopic (exact) mass is 283 g/mol. The van der Waals surface area contributed by atoms with Crippen LogP contribution in [0.25, 0.3) is 10.9 Å². The summed E-state index contributed by atoms with van der Waals surface area (Å²) in [6, 6.07) is 12.3. The molecule has 0 spiro atoms. The van der Waals surface area contributed by atoms with E-state index in [4.69, 9.17) is 0 Å². The molecule has 0 saturated carbocycles. The van der Waals surface area contributed by atoms with Gasteiger partial charge in [-0.1, -0.05) is 24.3 Å². The number of aromatic amines is 1. The van der Waals surface area contributed by atoms with E-state index in [2.05, 4.69) is 15.3 Å². The van der Waals surface area contributed by atoms with Crippen LogP contribution in [0.3, 0.4) is 0 Å². The number of fused-ring (bicyclic) bond motifs is 1. The van der Waals surface area contributed by atoms with Crippen molar-refractivity contribution < 1.29 is 9.18 Å². The first kappa shape index (κ1) is 13.3. The van der Waals surface area contributed by atoms with E-state index in [1.54, 1.807) is 6.07 Å². The molecule has 0 fully saturated rings. The average molecular weight is 283 g/mol. The predicted octanol–water partition coefficient (Wildman–Crippen LogP) is 3.27. The standard InChI is InChI=1S/C16H14FN3O/c17-14-6-3-7-15(19-14)20-16(21)9-8-11-10-18-13-5-2-1-4-12(11)13/h1-7,10,18H,8-9H2,(H,19,20,21). The highest BCUT2D eigenvalue weighted by molar-refractivity contribution is 5.90. The number of hydrogen-bond acceptors (Lipinski definition) is 2. The second-order valence-corrected chi connectivity index (χ2v) is 4.75. The molecule has 1 aromatic carbocycles. The number of nitrogens with one attached hydrogen (secondary N) is 2. The molecule has 0 aliphatic carbocycles. The van der Waals surface area contributed by atoms with Crippen LogP contribution in [-0.4, -0.2) is 15.9 Å². The van der Waals surface area contributed by atoms with Crippen molar-refractivity contribution in [2.45, 2.75) is 12.8 Å². The van der Waals surface area contributed by atoms with Gasteiger partial charge in [0.2, 0.25) is 11.9 Å². The summed E-state index contributed by atoms with van der Waals surface area (Å²) in [7, 11) is 0. The lowest BCUT2D eigenvalue weighted by Gasteiger charge is -2.04. The molecule has 0 saturated heterocycles. The molecule has 21 heavy (non-hydrogen) atoms. The van der Waals surface area contributed by atoms with Gasteiger partial charge in [-0.2, -0.15) is 4.39 Å². The van der Waals surface area contributed by atoms with Crippen molar-refractivity contribution in [3.8, 4) is 0 Å². The van der Waals surface area contributed by atoms with Crippen molar-refractivity contribution in [3.63, 3.8) is 0 Å². The van der Waals surface area contributed by atoms with E-state index in [0.717, 1.165) is 16.5 Å². The van der Waals surface area contributed by atoms with Gasteiger partial charge in [0.05, 0.1) is 0 Å². The molecule has 0 radical (unpaired) electrons. The molecule has 3 rings (SSSR count). The maximum atomic E-state index is 12.9. The zero-order chi connectivity index (χ0) is 14.7. The number of benzene rings is 1. The van der Waals surface area contributed by atoms with Crippen LogP contribution in [0.2, 0.25) is 0 Å². The SMILES string of the molecule is O=C(CCc1c[nH]c2ccccc12)Nc1cccc(F)n1. The molecule has 4 nitrogen and oxygen atoms in total. The number of aromatic nitrogens is 2. The highest BCUT2D eigenvalue weighted by Gasteiger charge is 2.07. The van der Waals surface area contributed by atoms with Crippen molar-refractivity contribution in [3.05, 3.63) is 60.2 Å². The van der Waals surface area contributed by atoms with Gasteiger partial charge in [-0.3, -0.25) is 4.79 Å². The van der Waals surface area contributed by atoms with Crippen LogP contribution in [0.15, 0.2) is 48.7 Å². The van der Waals surface area contributed by atoms with Gasteiger partial charge >= 0.3 is 0 Å². The van der Waals surface area contributed by atoms with Gasteiger partial charge in [-0.05, 0) is 30.2 Å². The van der Waals surface area contributed by atoms with E-state index in [-0.39, 0.29) is 11.7 Å². The number of aryl methyl sites for hydroxylation is 1. The largest absolute Gasteiger partial charge is 0.361 e. The van der Waals surface area contributed by atoms with Gasteiger partial charge in [-0.25, -0.2) is 4.98 Å². The van der Waals surface area contributed by atoms with Crippen LogP contribution in [0.1, 0.15) is 12.0 Å². The molecule has 0 atom stereocenters. The minimum absolute atomic E-state index is 0.182. The number of H-pyrrole nitrogens is 1. The van der Waals surface area contributed by atoms with Crippen LogP contribution in [0.4, 0.5) is 10.2 Å². The zero-order valence-electron chi connectivity index (χ0n) is 11.3. The van der Waals surface area contributed by atoms with Gasteiger partial charge in [0, 0.05) is 23.5 Å². The summed E-state index contributed by atoms with van der Waals surface area (Å²) >= 11 is 0. The van der Waals surface area contributed by atoms with Crippen molar-refractivity contribution in [1.29, 1.82) is 0 Å². The second kappa shape index (κ2) is 5.75. The first-order valence-electron chi connectivity index (χ1n) is 6.70. The molecule has 2 aromatic heterocycles. The summed E-state index contributed by atoms with van der Waals surface area (Å²) in [6.07, 6.45) is 2.85. The average Bonchev–Trinajstić information content (AvgIpc) is 2.88. The fourth-order valence-electron chi connectivity index (χ4n) is 2.27. The Labute approximate surface area is 121 Å². The summed E-state index contributed by atoms with van der Waals surface area (Å²) < 4.78 is 12.9. The zero-order valence-corrected chi connectivity index (χ0v) is 11.3. The Morgan fingerprint density at radius 3 is 2.90 bits per heavy atom. The molecule has 5 heteroatoms. The highest BCUT2D eigenvalue weighted by Crippen LogP contribution is 2.19. The summed E-state index contributed by atoms with van der Waals surface area (Å²) in [5.41, 5.74) is 2.15. The first-order chi connectivity index (χ1) is 10.2. The van der Waals surface area contributed by atoms with Gasteiger partial charge in [0.25, 0.3) is 0 Å². The minimum Gasteiger partial charge on any atom is -0.361 e. The highest BCUT2D eigenvalue weighted by atomic mass is 19.1. The van der Waals surface area contributed by atoms with E-state index in [0.29, 0.717) is 12.8 Å². The summed E-state index contributed by atoms with van der Waals surface area (Å²) in [4.78, 5) is 18.6. The van der Waals surface area contributed by atoms with Gasteiger partial charge < -0.3 is 10.3 Å². The molecule has 0 bridgehead atoms. The predicted molar refractivity (Wildman–Crippen MR) is 79.4 cm³/mol. The summed E-state index contributed by atoms with van der Waals surface area (Å²) in [6.45, 7) is 0. The first-order valence-corrected chi connectivity index (χ1v) is 6.70. The number of para-hydroxylation sites is 1. The fourth-order valence-corrected chi connectivity index (χ4v) is 2.27. The molecule has 0 unspecified atom stereocenters. The van der Waals surface area contributed by atoms with Crippen LogP contribution in [0.5, 0.6) is 0 Å². The minimum atomic E-state index is -0.607. The molecular weight excluding hydrogens is 269 g/mol. The van der Waals surface area contributed by atoms with Crippen LogP contribution >= 0.6 is 0 Å². The molecule has 106 valence electrons. The number of halogens is 1. The summed E-state index contributed by atoms with van der Waals surface area (Å²) in [5.74, 6) is -0.554. The smallest absolute Gasteiger partial charge is 0.225 e. The van der Waals surface area contributed by atoms with Crippen molar-refractivity contribution in [1.82, 2.24) is 9.97 Å². The van der Waals surface area contributed by atoms with E-state index >= 15 is 0 Å². The Hall–Kier alpha value is -2.69. The van der Waals surface area contributed by atoms with Gasteiger partial charge in [0.1, 0.15) is 5.82 Å². The number of carbonyl (C=O) groups is 1.